The molecule has 11 nitrogen and oxygen atoms in total. The molecule has 0 amide bonds. The van der Waals surface area contributed by atoms with Crippen molar-refractivity contribution < 1.29 is 50.3 Å². The summed E-state index contributed by atoms with van der Waals surface area (Å²) >= 11 is 0. The van der Waals surface area contributed by atoms with Crippen LogP contribution in [0.15, 0.2) is 0 Å². The second-order valence-electron chi connectivity index (χ2n) is 10.4. The van der Waals surface area contributed by atoms with Gasteiger partial charge < -0.3 is 50.3 Å². The Morgan fingerprint density at radius 1 is 0.657 bits per heavy atom. The quantitative estimate of drug-likeness (QED) is 0.0904. The number of aliphatic hydroxyl groups excluding tert-OH is 8. The Labute approximate surface area is 209 Å². The summed E-state index contributed by atoms with van der Waals surface area (Å²) in [5.74, 6) is 0. The van der Waals surface area contributed by atoms with Crippen LogP contribution < -0.4 is 0 Å². The molecular weight excluding hydrogens is 462 g/mol. The number of ether oxygens (including phenoxy) is 2. The van der Waals surface area contributed by atoms with Gasteiger partial charge in [-0.3, -0.25) is 4.90 Å². The fraction of sp³-hybridized carbons (Fsp3) is 1.00. The van der Waals surface area contributed by atoms with Crippen LogP contribution in [0.3, 0.4) is 0 Å². The van der Waals surface area contributed by atoms with Gasteiger partial charge in [0.1, 0.15) is 12.2 Å². The van der Waals surface area contributed by atoms with Gasteiger partial charge in [-0.1, -0.05) is 6.92 Å². The van der Waals surface area contributed by atoms with E-state index in [0.29, 0.717) is 13.0 Å². The zero-order chi connectivity index (χ0) is 27.2. The maximum atomic E-state index is 10.4. The van der Waals surface area contributed by atoms with Crippen molar-refractivity contribution in [3.8, 4) is 0 Å². The Morgan fingerprint density at radius 3 is 1.49 bits per heavy atom. The zero-order valence-corrected chi connectivity index (χ0v) is 22.1. The van der Waals surface area contributed by atoms with Gasteiger partial charge in [0.05, 0.1) is 48.8 Å². The van der Waals surface area contributed by atoms with E-state index in [0.717, 1.165) is 6.42 Å². The van der Waals surface area contributed by atoms with Gasteiger partial charge in [0.2, 0.25) is 0 Å². The van der Waals surface area contributed by atoms with E-state index < -0.39 is 42.2 Å². The first-order valence-electron chi connectivity index (χ1n) is 12.5. The van der Waals surface area contributed by atoms with Crippen LogP contribution in [0, 0.1) is 0 Å². The molecule has 0 aliphatic rings. The monoisotopic (exact) mass is 513 g/mol. The van der Waals surface area contributed by atoms with Crippen molar-refractivity contribution in [2.24, 2.45) is 0 Å². The lowest BCUT2D eigenvalue weighted by atomic mass is 10.0. The predicted molar refractivity (Wildman–Crippen MR) is 131 cm³/mol. The number of aliphatic hydroxyl groups is 8. The van der Waals surface area contributed by atoms with Crippen LogP contribution in [0.2, 0.25) is 0 Å². The van der Waals surface area contributed by atoms with Crippen molar-refractivity contribution in [2.75, 3.05) is 46.1 Å². The molecule has 0 heterocycles. The van der Waals surface area contributed by atoms with Crippen molar-refractivity contribution >= 4 is 0 Å². The van der Waals surface area contributed by atoms with Gasteiger partial charge in [-0.25, -0.2) is 0 Å². The largest absolute Gasteiger partial charge is 0.396 e. The lowest BCUT2D eigenvalue weighted by Crippen LogP contribution is -2.50. The van der Waals surface area contributed by atoms with Gasteiger partial charge in [-0.15, -0.1) is 0 Å². The van der Waals surface area contributed by atoms with E-state index in [1.807, 2.05) is 27.7 Å². The van der Waals surface area contributed by atoms with E-state index in [1.165, 1.54) is 0 Å². The van der Waals surface area contributed by atoms with Crippen LogP contribution in [0.4, 0.5) is 0 Å². The van der Waals surface area contributed by atoms with Crippen molar-refractivity contribution in [3.05, 3.63) is 0 Å². The summed E-state index contributed by atoms with van der Waals surface area (Å²) in [4.78, 5) is 1.55. The first-order chi connectivity index (χ1) is 16.2. The predicted octanol–water partition coefficient (Wildman–Crippen LogP) is -1.39. The molecule has 0 bridgehead atoms. The van der Waals surface area contributed by atoms with Crippen LogP contribution in [0.1, 0.15) is 60.3 Å². The first-order valence-corrected chi connectivity index (χ1v) is 12.5. The molecule has 0 spiro atoms. The van der Waals surface area contributed by atoms with Crippen LogP contribution >= 0.6 is 0 Å². The number of nitrogens with zero attached hydrogens (tertiary/aromatic N) is 1. The van der Waals surface area contributed by atoms with Gasteiger partial charge in [-0.05, 0) is 53.4 Å². The second kappa shape index (κ2) is 17.1. The summed E-state index contributed by atoms with van der Waals surface area (Å²) in [5.41, 5.74) is -0.734. The molecule has 6 unspecified atom stereocenters. The van der Waals surface area contributed by atoms with Gasteiger partial charge in [-0.2, -0.15) is 0 Å². The standard InChI is InChI=1S/C24H51NO10/c1-6-23(2,3)34-13-9-24(4,5)35-14-10-25(15-19(30)21(32)17(28)7-11-26)16-20(31)22(33)18(29)8-12-27/h17-22,26-33H,6-16H2,1-5H3. The fourth-order valence-electron chi connectivity index (χ4n) is 3.32. The van der Waals surface area contributed by atoms with E-state index in [2.05, 4.69) is 6.92 Å². The molecule has 0 aromatic rings. The highest BCUT2D eigenvalue weighted by Crippen LogP contribution is 2.19. The average Bonchev–Trinajstić information content (AvgIpc) is 2.77. The molecule has 0 rings (SSSR count). The topological polar surface area (TPSA) is 184 Å². The van der Waals surface area contributed by atoms with Gasteiger partial charge in [0, 0.05) is 32.8 Å². The Balaban J connectivity index is 5.06. The third kappa shape index (κ3) is 14.8. The fourth-order valence-corrected chi connectivity index (χ4v) is 3.32. The van der Waals surface area contributed by atoms with Gasteiger partial charge in [0.25, 0.3) is 0 Å². The minimum Gasteiger partial charge on any atom is -0.396 e. The highest BCUT2D eigenvalue weighted by molar-refractivity contribution is 4.83. The summed E-state index contributed by atoms with van der Waals surface area (Å²) in [5, 5.41) is 78.7. The molecule has 212 valence electrons. The molecule has 6 atom stereocenters. The highest BCUT2D eigenvalue weighted by atomic mass is 16.5. The van der Waals surface area contributed by atoms with Crippen LogP contribution in [0.5, 0.6) is 0 Å². The molecule has 11 heteroatoms. The summed E-state index contributed by atoms with van der Waals surface area (Å²) in [6.45, 7) is 9.83. The van der Waals surface area contributed by atoms with Crippen LogP contribution in [-0.2, 0) is 9.47 Å². The molecule has 0 aromatic carbocycles. The molecule has 8 N–H and O–H groups in total. The Kier molecular flexibility index (Phi) is 16.9. The third-order valence-corrected chi connectivity index (χ3v) is 6.27. The van der Waals surface area contributed by atoms with E-state index >= 15 is 0 Å². The minimum atomic E-state index is -1.52. The van der Waals surface area contributed by atoms with E-state index in [1.54, 1.807) is 4.90 Å². The second-order valence-corrected chi connectivity index (χ2v) is 10.4. The normalized spacial score (nSPS) is 18.3. The highest BCUT2D eigenvalue weighted by Gasteiger charge is 2.30. The van der Waals surface area contributed by atoms with E-state index in [-0.39, 0.29) is 57.9 Å². The lowest BCUT2D eigenvalue weighted by molar-refractivity contribution is -0.101. The number of hydrogen-bond donors (Lipinski definition) is 8. The maximum Gasteiger partial charge on any atom is 0.107 e. The molecule has 0 aliphatic carbocycles. The number of rotatable bonds is 21. The van der Waals surface area contributed by atoms with Crippen molar-refractivity contribution in [1.82, 2.24) is 4.90 Å². The molecule has 0 saturated heterocycles. The Morgan fingerprint density at radius 2 is 1.09 bits per heavy atom. The summed E-state index contributed by atoms with van der Waals surface area (Å²) in [6.07, 6.45) is -7.22. The van der Waals surface area contributed by atoms with Crippen LogP contribution in [0.25, 0.3) is 0 Å². The Bertz CT molecular complexity index is 510. The van der Waals surface area contributed by atoms with E-state index in [4.69, 9.17) is 19.7 Å². The SMILES string of the molecule is CCC(C)(C)OCCC(C)(C)OCCN(CC(O)C(O)C(O)CCO)CC(O)C(O)C(O)CCO. The summed E-state index contributed by atoms with van der Waals surface area (Å²) < 4.78 is 11.9. The molecule has 0 aliphatic heterocycles. The van der Waals surface area contributed by atoms with Crippen molar-refractivity contribution in [1.29, 1.82) is 0 Å². The molecule has 0 radical (unpaired) electrons. The molecule has 0 saturated carbocycles. The molecule has 0 fully saturated rings. The van der Waals surface area contributed by atoms with Gasteiger partial charge >= 0.3 is 0 Å². The van der Waals surface area contributed by atoms with Gasteiger partial charge in [0.15, 0.2) is 0 Å². The third-order valence-electron chi connectivity index (χ3n) is 6.27. The van der Waals surface area contributed by atoms with Crippen molar-refractivity contribution in [2.45, 2.75) is 108 Å². The first kappa shape index (κ1) is 34.6. The summed E-state index contributed by atoms with van der Waals surface area (Å²) in [6, 6.07) is 0. The average molecular weight is 514 g/mol. The lowest BCUT2D eigenvalue weighted by Gasteiger charge is -2.33. The Hall–Kier alpha value is -0.440. The summed E-state index contributed by atoms with van der Waals surface area (Å²) in [7, 11) is 0. The van der Waals surface area contributed by atoms with Crippen molar-refractivity contribution in [3.63, 3.8) is 0 Å². The molecular formula is C24H51NO10. The number of hydrogen-bond acceptors (Lipinski definition) is 11. The molecule has 0 aromatic heterocycles. The van der Waals surface area contributed by atoms with Crippen LogP contribution in [-0.4, -0.2) is 140 Å². The zero-order valence-electron chi connectivity index (χ0n) is 22.1. The maximum absolute atomic E-state index is 10.4. The smallest absolute Gasteiger partial charge is 0.107 e. The minimum absolute atomic E-state index is 0.110. The molecule has 35 heavy (non-hydrogen) atoms. The van der Waals surface area contributed by atoms with E-state index in [9.17, 15) is 30.6 Å².